The highest BCUT2D eigenvalue weighted by atomic mass is 35.5. The van der Waals surface area contributed by atoms with Crippen LogP contribution in [-0.2, 0) is 20.0 Å². The summed E-state index contributed by atoms with van der Waals surface area (Å²) < 4.78 is 4.26. The second kappa shape index (κ2) is 11.1. The van der Waals surface area contributed by atoms with Crippen molar-refractivity contribution in [2.45, 2.75) is 46.3 Å². The first kappa shape index (κ1) is 26.8. The Morgan fingerprint density at radius 1 is 1.24 bits per heavy atom. The van der Waals surface area contributed by atoms with E-state index in [0.29, 0.717) is 0 Å². The molecule has 0 bridgehead atoms. The first-order chi connectivity index (χ1) is 12.4. The topological polar surface area (TPSA) is 123 Å². The zero-order valence-corrected chi connectivity index (χ0v) is 18.2. The Kier molecular flexibility index (Phi) is 10.3. The highest BCUT2D eigenvalue weighted by Gasteiger charge is 2.32. The molecule has 3 aromatic rings. The lowest BCUT2D eigenvalue weighted by Crippen LogP contribution is -2.27. The number of imidazole rings is 1. The van der Waals surface area contributed by atoms with Gasteiger partial charge in [0, 0.05) is 60.2 Å². The molecule has 0 spiro atoms. The number of ketones is 1. The number of benzene rings is 1. The molecule has 0 saturated heterocycles. The average molecular weight is 426 g/mol. The van der Waals surface area contributed by atoms with Gasteiger partial charge in [0.2, 0.25) is 0 Å². The number of Topliss-reactive ketones (excluding diaryl/α,β-unsaturated/α-hetero) is 1. The minimum absolute atomic E-state index is 0. The zero-order chi connectivity index (χ0) is 18.8. The van der Waals surface area contributed by atoms with E-state index in [0.717, 1.165) is 41.7 Å². The fourth-order valence-electron chi connectivity index (χ4n) is 3.67. The third kappa shape index (κ3) is 5.45. The number of aryl methyl sites for hydroxylation is 2. The number of para-hydroxylation sites is 1. The largest absolute Gasteiger partial charge is 0.412 e. The first-order valence-corrected chi connectivity index (χ1v) is 9.16. The Hall–Kier alpha value is -2.19. The molecule has 1 aliphatic carbocycles. The maximum absolute atomic E-state index is 13.0. The van der Waals surface area contributed by atoms with Crippen molar-refractivity contribution < 1.29 is 20.9 Å². The number of hydrogen-bond acceptors (Lipinski definition) is 3. The van der Waals surface area contributed by atoms with E-state index >= 15 is 0 Å². The summed E-state index contributed by atoms with van der Waals surface area (Å²) in [5.41, 5.74) is 3.28. The molecule has 1 unspecified atom stereocenters. The van der Waals surface area contributed by atoms with Gasteiger partial charge in [0.25, 0.3) is 0 Å². The van der Waals surface area contributed by atoms with Gasteiger partial charge in [0.15, 0.2) is 5.78 Å². The number of carbonyl (C=O) groups excluding carboxylic acids is 1. The highest BCUT2D eigenvalue weighted by Crippen LogP contribution is 2.34. The molecule has 2 heterocycles. The molecule has 0 radical (unpaired) electrons. The summed E-state index contributed by atoms with van der Waals surface area (Å²) in [6.07, 6.45) is 5.46. The summed E-state index contributed by atoms with van der Waals surface area (Å²) >= 11 is 0. The number of nitrogens with zero attached hydrogens (tertiary/aromatic N) is 3. The zero-order valence-electron chi connectivity index (χ0n) is 17.3. The van der Waals surface area contributed by atoms with Gasteiger partial charge in [-0.2, -0.15) is 0 Å². The van der Waals surface area contributed by atoms with Crippen molar-refractivity contribution in [3.8, 4) is 0 Å². The molecular weight excluding hydrogens is 394 g/mol. The summed E-state index contributed by atoms with van der Waals surface area (Å²) in [4.78, 5) is 17.3. The van der Waals surface area contributed by atoms with Crippen molar-refractivity contribution in [3.63, 3.8) is 0 Å². The predicted molar refractivity (Wildman–Crippen MR) is 118 cm³/mol. The minimum atomic E-state index is -0.167. The molecule has 1 aromatic carbocycles. The SMILES string of the molecule is CC(C)O.Cc1nccn1CC1CCc2c(c3ccccc3n2C)C1=O.Cl.O.O. The number of aromatic nitrogens is 3. The summed E-state index contributed by atoms with van der Waals surface area (Å²) in [7, 11) is 2.06. The van der Waals surface area contributed by atoms with E-state index in [1.165, 1.54) is 5.69 Å². The van der Waals surface area contributed by atoms with E-state index in [9.17, 15) is 4.79 Å². The van der Waals surface area contributed by atoms with Crippen LogP contribution in [0.15, 0.2) is 36.7 Å². The van der Waals surface area contributed by atoms with E-state index in [1.807, 2.05) is 25.3 Å². The molecule has 5 N–H and O–H groups in total. The van der Waals surface area contributed by atoms with E-state index in [-0.39, 0.29) is 41.2 Å². The summed E-state index contributed by atoms with van der Waals surface area (Å²) in [6.45, 7) is 6.16. The maximum atomic E-state index is 13.0. The number of carbonyl (C=O) groups is 1. The van der Waals surface area contributed by atoms with Crippen LogP contribution >= 0.6 is 12.4 Å². The lowest BCUT2D eigenvalue weighted by molar-refractivity contribution is 0.0888. The van der Waals surface area contributed by atoms with Crippen LogP contribution in [0.3, 0.4) is 0 Å². The number of aliphatic hydroxyl groups excluding tert-OH is 1. The molecule has 7 nitrogen and oxygen atoms in total. The van der Waals surface area contributed by atoms with Crippen molar-refractivity contribution >= 4 is 29.1 Å². The number of fused-ring (bicyclic) bond motifs is 3. The monoisotopic (exact) mass is 425 g/mol. The van der Waals surface area contributed by atoms with Gasteiger partial charge in [-0.15, -0.1) is 12.4 Å². The van der Waals surface area contributed by atoms with Crippen LogP contribution < -0.4 is 0 Å². The quantitative estimate of drug-likeness (QED) is 0.677. The molecule has 0 fully saturated rings. The molecule has 162 valence electrons. The molecule has 2 aromatic heterocycles. The summed E-state index contributed by atoms with van der Waals surface area (Å²) in [5, 5.41) is 9.15. The van der Waals surface area contributed by atoms with Gasteiger partial charge in [0.05, 0.1) is 0 Å². The van der Waals surface area contributed by atoms with Crippen LogP contribution in [0.25, 0.3) is 10.9 Å². The van der Waals surface area contributed by atoms with E-state index < -0.39 is 0 Å². The molecule has 0 saturated carbocycles. The number of hydrogen-bond donors (Lipinski definition) is 1. The van der Waals surface area contributed by atoms with Crippen LogP contribution in [0.1, 0.15) is 42.1 Å². The molecule has 8 heteroatoms. The first-order valence-electron chi connectivity index (χ1n) is 9.16. The predicted octanol–water partition coefficient (Wildman–Crippen LogP) is 2.29. The third-order valence-corrected chi connectivity index (χ3v) is 4.92. The molecular formula is C21H32ClN3O4. The molecule has 0 aliphatic heterocycles. The third-order valence-electron chi connectivity index (χ3n) is 4.92. The fraction of sp³-hybridized carbons (Fsp3) is 0.429. The maximum Gasteiger partial charge on any atom is 0.170 e. The van der Waals surface area contributed by atoms with Gasteiger partial charge in [-0.25, -0.2) is 4.98 Å². The molecule has 0 amide bonds. The van der Waals surface area contributed by atoms with E-state index in [4.69, 9.17) is 5.11 Å². The van der Waals surface area contributed by atoms with Crippen LogP contribution in [0.2, 0.25) is 0 Å². The van der Waals surface area contributed by atoms with Crippen molar-refractivity contribution in [1.82, 2.24) is 14.1 Å². The van der Waals surface area contributed by atoms with Gasteiger partial charge < -0.3 is 25.2 Å². The summed E-state index contributed by atoms with van der Waals surface area (Å²) in [5.74, 6) is 1.30. The van der Waals surface area contributed by atoms with Crippen molar-refractivity contribution in [3.05, 3.63) is 53.7 Å². The van der Waals surface area contributed by atoms with Crippen LogP contribution in [0, 0.1) is 12.8 Å². The van der Waals surface area contributed by atoms with E-state index in [2.05, 4.69) is 33.3 Å². The summed E-state index contributed by atoms with van der Waals surface area (Å²) in [6, 6.07) is 8.21. The Morgan fingerprint density at radius 2 is 1.86 bits per heavy atom. The van der Waals surface area contributed by atoms with Crippen molar-refractivity contribution in [2.75, 3.05) is 0 Å². The lowest BCUT2D eigenvalue weighted by Gasteiger charge is -2.23. The Labute approximate surface area is 177 Å². The molecule has 4 rings (SSSR count). The molecule has 29 heavy (non-hydrogen) atoms. The van der Waals surface area contributed by atoms with Crippen molar-refractivity contribution in [1.29, 1.82) is 0 Å². The average Bonchev–Trinajstić information content (AvgIpc) is 3.12. The lowest BCUT2D eigenvalue weighted by atomic mass is 9.85. The van der Waals surface area contributed by atoms with Crippen LogP contribution in [-0.4, -0.2) is 42.1 Å². The van der Waals surface area contributed by atoms with Crippen LogP contribution in [0.4, 0.5) is 0 Å². The second-order valence-corrected chi connectivity index (χ2v) is 7.22. The standard InChI is InChI=1S/C18H19N3O.C3H8O.ClH.2H2O/c1-12-19-9-10-21(12)11-13-7-8-16-17(18(13)22)14-5-3-4-6-15(14)20(16)2;1-3(2)4;;;/h3-6,9-10,13H,7-8,11H2,1-2H3;3-4H,1-2H3;1H;2*1H2. The number of rotatable bonds is 2. The molecule has 1 aliphatic rings. The van der Waals surface area contributed by atoms with Crippen LogP contribution in [0.5, 0.6) is 0 Å². The number of aliphatic hydroxyl groups is 1. The fourth-order valence-corrected chi connectivity index (χ4v) is 3.67. The highest BCUT2D eigenvalue weighted by molar-refractivity contribution is 6.11. The molecule has 1 atom stereocenters. The van der Waals surface area contributed by atoms with Crippen molar-refractivity contribution in [2.24, 2.45) is 13.0 Å². The second-order valence-electron chi connectivity index (χ2n) is 7.22. The van der Waals surface area contributed by atoms with Gasteiger partial charge in [-0.3, -0.25) is 4.79 Å². The smallest absolute Gasteiger partial charge is 0.170 e. The van der Waals surface area contributed by atoms with E-state index in [1.54, 1.807) is 20.0 Å². The Bertz CT molecular complexity index is 931. The normalized spacial score (nSPS) is 14.8. The van der Waals surface area contributed by atoms with Gasteiger partial charge >= 0.3 is 0 Å². The van der Waals surface area contributed by atoms with Gasteiger partial charge in [0.1, 0.15) is 5.82 Å². The minimum Gasteiger partial charge on any atom is -0.412 e. The Morgan fingerprint density at radius 3 is 2.45 bits per heavy atom. The van der Waals surface area contributed by atoms with Gasteiger partial charge in [-0.1, -0.05) is 18.2 Å². The number of halogens is 1. The van der Waals surface area contributed by atoms with Gasteiger partial charge in [-0.05, 0) is 39.7 Å². The Balaban J connectivity index is 0.00000103.